The molecule has 2 saturated heterocycles. The molecule has 4 N–H and O–H groups in total. The van der Waals surface area contributed by atoms with E-state index in [0.29, 0.717) is 32.5 Å². The summed E-state index contributed by atoms with van der Waals surface area (Å²) >= 11 is 5.94. The van der Waals surface area contributed by atoms with Gasteiger partial charge in [-0.1, -0.05) is 23.7 Å². The van der Waals surface area contributed by atoms with Crippen LogP contribution < -0.4 is 10.6 Å². The molecule has 0 saturated carbocycles. The van der Waals surface area contributed by atoms with E-state index in [1.54, 1.807) is 18.2 Å². The van der Waals surface area contributed by atoms with Crippen molar-refractivity contribution in [1.29, 1.82) is 0 Å². The van der Waals surface area contributed by atoms with Gasteiger partial charge >= 0.3 is 0 Å². The smallest absolute Gasteiger partial charge is 0.256 e. The second-order valence-electron chi connectivity index (χ2n) is 6.97. The summed E-state index contributed by atoms with van der Waals surface area (Å²) in [6.45, 7) is 1.22. The second kappa shape index (κ2) is 7.84. The molecular weight excluding hydrogens is 374 g/mol. The first-order valence-corrected chi connectivity index (χ1v) is 9.20. The highest BCUT2D eigenvalue weighted by atomic mass is 35.5. The Hall–Kier alpha value is -2.16. The Morgan fingerprint density at radius 2 is 1.81 bits per heavy atom. The quantitative estimate of drug-likeness (QED) is 0.577. The Morgan fingerprint density at radius 3 is 2.41 bits per heavy atom. The Kier molecular flexibility index (Phi) is 5.69. The van der Waals surface area contributed by atoms with E-state index in [-0.39, 0.29) is 16.6 Å². The number of hydrogen-bond acceptors (Lipinski definition) is 5. The molecule has 27 heavy (non-hydrogen) atoms. The molecule has 0 unspecified atom stereocenters. The molecule has 0 aliphatic carbocycles. The fraction of sp³-hybridized carbons (Fsp3) is 0.500. The van der Waals surface area contributed by atoms with Crippen LogP contribution in [0.2, 0.25) is 5.02 Å². The summed E-state index contributed by atoms with van der Waals surface area (Å²) in [5, 5.41) is 25.7. The van der Waals surface area contributed by atoms with Crippen molar-refractivity contribution in [2.45, 2.75) is 31.5 Å². The van der Waals surface area contributed by atoms with E-state index in [0.717, 1.165) is 6.42 Å². The molecule has 2 fully saturated rings. The molecule has 1 aromatic rings. The minimum atomic E-state index is -1.93. The highest BCUT2D eigenvalue weighted by Gasteiger charge is 2.46. The lowest BCUT2D eigenvalue weighted by molar-refractivity contribution is -0.154. The van der Waals surface area contributed by atoms with Crippen molar-refractivity contribution in [2.75, 3.05) is 25.0 Å². The van der Waals surface area contributed by atoms with E-state index in [4.69, 9.17) is 11.6 Å². The van der Waals surface area contributed by atoms with Crippen molar-refractivity contribution in [1.82, 2.24) is 10.2 Å². The van der Waals surface area contributed by atoms with E-state index in [1.807, 2.05) is 0 Å². The highest BCUT2D eigenvalue weighted by molar-refractivity contribution is 6.33. The summed E-state index contributed by atoms with van der Waals surface area (Å²) in [7, 11) is 0. The normalized spacial score (nSPS) is 20.9. The molecule has 1 aromatic carbocycles. The van der Waals surface area contributed by atoms with Gasteiger partial charge in [-0.2, -0.15) is 0 Å². The zero-order valence-corrected chi connectivity index (χ0v) is 15.4. The van der Waals surface area contributed by atoms with Crippen LogP contribution in [-0.4, -0.2) is 64.7 Å². The molecule has 8 nitrogen and oxygen atoms in total. The largest absolute Gasteiger partial charge is 0.380 e. The zero-order valence-electron chi connectivity index (χ0n) is 14.7. The van der Waals surface area contributed by atoms with Gasteiger partial charge in [0, 0.05) is 19.6 Å². The zero-order chi connectivity index (χ0) is 19.6. The van der Waals surface area contributed by atoms with Gasteiger partial charge in [0.25, 0.3) is 11.8 Å². The van der Waals surface area contributed by atoms with E-state index < -0.39 is 29.4 Å². The molecular formula is C18H22ClN3O5. The molecule has 2 aliphatic rings. The third-order valence-electron chi connectivity index (χ3n) is 5.36. The molecule has 2 atom stereocenters. The Balaban J connectivity index is 1.57. The molecule has 0 bridgehead atoms. The molecule has 1 spiro atoms. The van der Waals surface area contributed by atoms with Crippen molar-refractivity contribution in [3.8, 4) is 0 Å². The van der Waals surface area contributed by atoms with Crippen molar-refractivity contribution < 1.29 is 24.6 Å². The minimum absolute atomic E-state index is 0.00861. The molecule has 0 aromatic heterocycles. The average Bonchev–Trinajstić information content (AvgIpc) is 3.02. The second-order valence-corrected chi connectivity index (χ2v) is 7.38. The maximum absolute atomic E-state index is 12.5. The van der Waals surface area contributed by atoms with Gasteiger partial charge in [0.1, 0.15) is 0 Å². The SMILES string of the molecule is O=C(Nc1ccccc1Cl)[C@@H](O)[C@H](O)C(=O)N1CCC2(CCNC2=O)CC1. The first-order chi connectivity index (χ1) is 12.8. The highest BCUT2D eigenvalue weighted by Crippen LogP contribution is 2.38. The van der Waals surface area contributed by atoms with Crippen LogP contribution >= 0.6 is 11.6 Å². The van der Waals surface area contributed by atoms with Crippen LogP contribution in [0.1, 0.15) is 19.3 Å². The van der Waals surface area contributed by atoms with Crippen LogP contribution in [0.15, 0.2) is 24.3 Å². The number of nitrogens with one attached hydrogen (secondary N) is 2. The molecule has 3 rings (SSSR count). The van der Waals surface area contributed by atoms with E-state index in [2.05, 4.69) is 10.6 Å². The summed E-state index contributed by atoms with van der Waals surface area (Å²) < 4.78 is 0. The minimum Gasteiger partial charge on any atom is -0.380 e. The first-order valence-electron chi connectivity index (χ1n) is 8.83. The number of likely N-dealkylation sites (tertiary alicyclic amines) is 1. The molecule has 146 valence electrons. The number of rotatable bonds is 4. The summed E-state index contributed by atoms with van der Waals surface area (Å²) in [5.41, 5.74) is -0.170. The average molecular weight is 396 g/mol. The van der Waals surface area contributed by atoms with Gasteiger partial charge in [0.05, 0.1) is 16.1 Å². The van der Waals surface area contributed by atoms with Gasteiger partial charge in [-0.05, 0) is 31.4 Å². The Bertz CT molecular complexity index is 748. The predicted molar refractivity (Wildman–Crippen MR) is 98.0 cm³/mol. The lowest BCUT2D eigenvalue weighted by Crippen LogP contribution is -2.53. The molecule has 3 amide bonds. The van der Waals surface area contributed by atoms with Gasteiger partial charge in [0.2, 0.25) is 5.91 Å². The van der Waals surface area contributed by atoms with Gasteiger partial charge < -0.3 is 25.7 Å². The number of anilines is 1. The number of carbonyl (C=O) groups is 3. The Morgan fingerprint density at radius 1 is 1.15 bits per heavy atom. The number of piperidine rings is 1. The third kappa shape index (κ3) is 3.92. The number of nitrogens with zero attached hydrogens (tertiary/aromatic N) is 1. The molecule has 2 aliphatic heterocycles. The molecule has 0 radical (unpaired) electrons. The summed E-state index contributed by atoms with van der Waals surface area (Å²) in [5.74, 6) is -1.65. The first kappa shape index (κ1) is 19.6. The number of benzene rings is 1. The maximum Gasteiger partial charge on any atom is 0.256 e. The van der Waals surface area contributed by atoms with Gasteiger partial charge in [-0.25, -0.2) is 0 Å². The number of carbonyl (C=O) groups excluding carboxylic acids is 3. The summed E-state index contributed by atoms with van der Waals surface area (Å²) in [6.07, 6.45) is -2.09. The Labute approximate surface area is 161 Å². The van der Waals surface area contributed by atoms with Gasteiger partial charge in [-0.3, -0.25) is 14.4 Å². The van der Waals surface area contributed by atoms with E-state index in [1.165, 1.54) is 11.0 Å². The van der Waals surface area contributed by atoms with Crippen LogP contribution in [0.5, 0.6) is 0 Å². The van der Waals surface area contributed by atoms with Crippen LogP contribution in [-0.2, 0) is 14.4 Å². The van der Waals surface area contributed by atoms with Crippen molar-refractivity contribution in [2.24, 2.45) is 5.41 Å². The predicted octanol–water partition coefficient (Wildman–Crippen LogP) is 0.129. The van der Waals surface area contributed by atoms with Crippen molar-refractivity contribution >= 4 is 35.0 Å². The van der Waals surface area contributed by atoms with Gasteiger partial charge in [-0.15, -0.1) is 0 Å². The number of aliphatic hydroxyl groups is 2. The molecule has 9 heteroatoms. The van der Waals surface area contributed by atoms with Crippen LogP contribution in [0.3, 0.4) is 0 Å². The monoisotopic (exact) mass is 395 g/mol. The fourth-order valence-electron chi connectivity index (χ4n) is 3.58. The number of hydrogen-bond donors (Lipinski definition) is 4. The maximum atomic E-state index is 12.5. The standard InChI is InChI=1S/C18H22ClN3O5/c19-11-3-1-2-4-12(11)21-15(25)13(23)14(24)16(26)22-9-6-18(7-10-22)5-8-20-17(18)27/h1-4,13-14,23-24H,5-10H2,(H,20,27)(H,21,25)/t13-,14-/m0/s1. The van der Waals surface area contributed by atoms with Crippen LogP contribution in [0, 0.1) is 5.41 Å². The topological polar surface area (TPSA) is 119 Å². The lowest BCUT2D eigenvalue weighted by Gasteiger charge is -2.38. The third-order valence-corrected chi connectivity index (χ3v) is 5.69. The number of para-hydroxylation sites is 1. The lowest BCUT2D eigenvalue weighted by atomic mass is 9.77. The van der Waals surface area contributed by atoms with Crippen LogP contribution in [0.25, 0.3) is 0 Å². The summed E-state index contributed by atoms with van der Waals surface area (Å²) in [6, 6.07) is 6.43. The van der Waals surface area contributed by atoms with Crippen molar-refractivity contribution in [3.05, 3.63) is 29.3 Å². The van der Waals surface area contributed by atoms with E-state index >= 15 is 0 Å². The summed E-state index contributed by atoms with van der Waals surface area (Å²) in [4.78, 5) is 38.0. The van der Waals surface area contributed by atoms with Crippen LogP contribution in [0.4, 0.5) is 5.69 Å². The van der Waals surface area contributed by atoms with Crippen molar-refractivity contribution in [3.63, 3.8) is 0 Å². The number of aliphatic hydroxyl groups excluding tert-OH is 2. The molecule has 2 heterocycles. The number of amides is 3. The fourth-order valence-corrected chi connectivity index (χ4v) is 3.77. The number of halogens is 1. The van der Waals surface area contributed by atoms with Gasteiger partial charge in [0.15, 0.2) is 12.2 Å². The van der Waals surface area contributed by atoms with E-state index in [9.17, 15) is 24.6 Å².